The molecule has 1 rings (SSSR count). The quantitative estimate of drug-likeness (QED) is 0.630. The summed E-state index contributed by atoms with van der Waals surface area (Å²) < 4.78 is 0. The van der Waals surface area contributed by atoms with Crippen LogP contribution in [0.4, 0.5) is 4.79 Å². The molecule has 0 saturated carbocycles. The predicted octanol–water partition coefficient (Wildman–Crippen LogP) is -0.128. The van der Waals surface area contributed by atoms with E-state index < -0.39 is 24.1 Å². The SMILES string of the molecule is CC(C)C(NC(=O)N1CCC(O)C1)C(=O)O. The van der Waals surface area contributed by atoms with Gasteiger partial charge in [-0.15, -0.1) is 0 Å². The Morgan fingerprint density at radius 2 is 2.06 bits per heavy atom. The van der Waals surface area contributed by atoms with Crippen molar-refractivity contribution in [1.29, 1.82) is 0 Å². The van der Waals surface area contributed by atoms with Crippen molar-refractivity contribution in [2.45, 2.75) is 32.4 Å². The van der Waals surface area contributed by atoms with E-state index in [0.29, 0.717) is 13.0 Å². The molecule has 1 fully saturated rings. The molecule has 92 valence electrons. The highest BCUT2D eigenvalue weighted by molar-refractivity contribution is 5.82. The molecule has 1 aliphatic rings. The zero-order valence-electron chi connectivity index (χ0n) is 9.51. The van der Waals surface area contributed by atoms with Crippen LogP contribution in [0.5, 0.6) is 0 Å². The van der Waals surface area contributed by atoms with Crippen molar-refractivity contribution in [3.8, 4) is 0 Å². The Bertz CT molecular complexity index is 280. The van der Waals surface area contributed by atoms with Gasteiger partial charge in [0.05, 0.1) is 6.10 Å². The van der Waals surface area contributed by atoms with Crippen LogP contribution in [0.3, 0.4) is 0 Å². The van der Waals surface area contributed by atoms with Crippen LogP contribution in [0.2, 0.25) is 0 Å². The number of nitrogens with one attached hydrogen (secondary N) is 1. The number of likely N-dealkylation sites (tertiary alicyclic amines) is 1. The topological polar surface area (TPSA) is 89.9 Å². The van der Waals surface area contributed by atoms with Gasteiger partial charge in [-0.2, -0.15) is 0 Å². The van der Waals surface area contributed by atoms with Crippen molar-refractivity contribution < 1.29 is 19.8 Å². The number of hydrogen-bond donors (Lipinski definition) is 3. The monoisotopic (exact) mass is 230 g/mol. The largest absolute Gasteiger partial charge is 0.480 e. The van der Waals surface area contributed by atoms with Crippen molar-refractivity contribution in [3.05, 3.63) is 0 Å². The lowest BCUT2D eigenvalue weighted by Gasteiger charge is -2.22. The van der Waals surface area contributed by atoms with Crippen molar-refractivity contribution >= 4 is 12.0 Å². The van der Waals surface area contributed by atoms with Crippen molar-refractivity contribution in [2.75, 3.05) is 13.1 Å². The highest BCUT2D eigenvalue weighted by atomic mass is 16.4. The van der Waals surface area contributed by atoms with Crippen LogP contribution in [0.1, 0.15) is 20.3 Å². The molecule has 16 heavy (non-hydrogen) atoms. The molecule has 1 aliphatic heterocycles. The second-order valence-corrected chi connectivity index (χ2v) is 4.40. The van der Waals surface area contributed by atoms with E-state index in [1.165, 1.54) is 4.90 Å². The molecule has 6 heteroatoms. The van der Waals surface area contributed by atoms with Crippen molar-refractivity contribution in [1.82, 2.24) is 10.2 Å². The summed E-state index contributed by atoms with van der Waals surface area (Å²) in [5.41, 5.74) is 0. The second kappa shape index (κ2) is 5.16. The first kappa shape index (κ1) is 12.8. The summed E-state index contributed by atoms with van der Waals surface area (Å²) in [6.07, 6.45) is 0.0559. The zero-order chi connectivity index (χ0) is 12.3. The number of β-amino-alcohol motifs (C(OH)–C–C–N with tert-alkyl or cyclic N) is 1. The number of aliphatic hydroxyl groups is 1. The lowest BCUT2D eigenvalue weighted by Crippen LogP contribution is -2.49. The highest BCUT2D eigenvalue weighted by Crippen LogP contribution is 2.10. The first-order chi connectivity index (χ1) is 7.41. The smallest absolute Gasteiger partial charge is 0.326 e. The number of nitrogens with zero attached hydrogens (tertiary/aromatic N) is 1. The van der Waals surface area contributed by atoms with E-state index in [4.69, 9.17) is 5.11 Å². The van der Waals surface area contributed by atoms with E-state index in [1.54, 1.807) is 13.8 Å². The Labute approximate surface area is 94.2 Å². The van der Waals surface area contributed by atoms with Gasteiger partial charge in [0.15, 0.2) is 0 Å². The fourth-order valence-electron chi connectivity index (χ4n) is 1.66. The number of carbonyl (C=O) groups is 2. The molecular formula is C10H18N2O4. The van der Waals surface area contributed by atoms with Crippen LogP contribution < -0.4 is 5.32 Å². The minimum absolute atomic E-state index is 0.172. The maximum absolute atomic E-state index is 11.7. The minimum Gasteiger partial charge on any atom is -0.480 e. The lowest BCUT2D eigenvalue weighted by atomic mass is 10.1. The molecule has 0 spiro atoms. The Balaban J connectivity index is 2.52. The number of urea groups is 1. The number of hydrogen-bond acceptors (Lipinski definition) is 3. The van der Waals surface area contributed by atoms with Crippen LogP contribution in [0, 0.1) is 5.92 Å². The number of amides is 2. The van der Waals surface area contributed by atoms with Gasteiger partial charge in [-0.05, 0) is 12.3 Å². The van der Waals surface area contributed by atoms with Gasteiger partial charge < -0.3 is 20.4 Å². The number of rotatable bonds is 3. The van der Waals surface area contributed by atoms with Crippen LogP contribution in [0.15, 0.2) is 0 Å². The molecule has 0 aliphatic carbocycles. The molecule has 1 heterocycles. The van der Waals surface area contributed by atoms with E-state index in [2.05, 4.69) is 5.32 Å². The molecule has 0 aromatic carbocycles. The number of aliphatic hydroxyl groups excluding tert-OH is 1. The Kier molecular flexibility index (Phi) is 4.12. The van der Waals surface area contributed by atoms with Gasteiger partial charge in [-0.3, -0.25) is 0 Å². The van der Waals surface area contributed by atoms with Gasteiger partial charge in [0, 0.05) is 13.1 Å². The van der Waals surface area contributed by atoms with Crippen molar-refractivity contribution in [3.63, 3.8) is 0 Å². The third-order valence-electron chi connectivity index (χ3n) is 2.66. The van der Waals surface area contributed by atoms with E-state index in [0.717, 1.165) is 0 Å². The molecular weight excluding hydrogens is 212 g/mol. The summed E-state index contributed by atoms with van der Waals surface area (Å²) in [6.45, 7) is 4.21. The predicted molar refractivity (Wildman–Crippen MR) is 57.0 cm³/mol. The fourth-order valence-corrected chi connectivity index (χ4v) is 1.66. The maximum Gasteiger partial charge on any atom is 0.326 e. The molecule has 6 nitrogen and oxygen atoms in total. The Morgan fingerprint density at radius 3 is 2.44 bits per heavy atom. The summed E-state index contributed by atoms with van der Waals surface area (Å²) in [7, 11) is 0. The number of carboxylic acid groups (broad SMARTS) is 1. The first-order valence-corrected chi connectivity index (χ1v) is 5.38. The second-order valence-electron chi connectivity index (χ2n) is 4.40. The molecule has 2 amide bonds. The summed E-state index contributed by atoms with van der Waals surface area (Å²) in [5.74, 6) is -1.21. The molecule has 0 aromatic rings. The molecule has 2 unspecified atom stereocenters. The maximum atomic E-state index is 11.7. The van der Waals surface area contributed by atoms with Gasteiger partial charge in [0.1, 0.15) is 6.04 Å². The number of aliphatic carboxylic acids is 1. The fraction of sp³-hybridized carbons (Fsp3) is 0.800. The molecule has 3 N–H and O–H groups in total. The normalized spacial score (nSPS) is 22.2. The minimum atomic E-state index is -1.04. The standard InChI is InChI=1S/C10H18N2O4/c1-6(2)8(9(14)15)11-10(16)12-4-3-7(13)5-12/h6-8,13H,3-5H2,1-2H3,(H,11,16)(H,14,15). The summed E-state index contributed by atoms with van der Waals surface area (Å²) in [4.78, 5) is 24.0. The summed E-state index contributed by atoms with van der Waals surface area (Å²) in [5, 5.41) is 20.6. The highest BCUT2D eigenvalue weighted by Gasteiger charge is 2.29. The van der Waals surface area contributed by atoms with Gasteiger partial charge in [-0.25, -0.2) is 9.59 Å². The van der Waals surface area contributed by atoms with Gasteiger partial charge in [0.2, 0.25) is 0 Å². The lowest BCUT2D eigenvalue weighted by molar-refractivity contribution is -0.140. The van der Waals surface area contributed by atoms with Crippen LogP contribution in [-0.4, -0.2) is 52.3 Å². The summed E-state index contributed by atoms with van der Waals surface area (Å²) in [6, 6.07) is -1.30. The van der Waals surface area contributed by atoms with E-state index in [9.17, 15) is 14.7 Å². The molecule has 0 aromatic heterocycles. The summed E-state index contributed by atoms with van der Waals surface area (Å²) >= 11 is 0. The van der Waals surface area contributed by atoms with Crippen molar-refractivity contribution in [2.24, 2.45) is 5.92 Å². The van der Waals surface area contributed by atoms with E-state index >= 15 is 0 Å². The average Bonchev–Trinajstić information content (AvgIpc) is 2.59. The average molecular weight is 230 g/mol. The number of carboxylic acids is 1. The molecule has 0 radical (unpaired) electrons. The van der Waals surface area contributed by atoms with Crippen LogP contribution in [0.25, 0.3) is 0 Å². The molecule has 0 bridgehead atoms. The van der Waals surface area contributed by atoms with Gasteiger partial charge >= 0.3 is 12.0 Å². The van der Waals surface area contributed by atoms with Crippen LogP contribution >= 0.6 is 0 Å². The van der Waals surface area contributed by atoms with E-state index in [-0.39, 0.29) is 12.5 Å². The molecule has 1 saturated heterocycles. The van der Waals surface area contributed by atoms with Crippen LogP contribution in [-0.2, 0) is 4.79 Å². The zero-order valence-corrected chi connectivity index (χ0v) is 9.51. The Morgan fingerprint density at radius 1 is 1.44 bits per heavy atom. The van der Waals surface area contributed by atoms with Gasteiger partial charge in [0.25, 0.3) is 0 Å². The Hall–Kier alpha value is -1.30. The third kappa shape index (κ3) is 3.10. The van der Waals surface area contributed by atoms with Gasteiger partial charge in [-0.1, -0.05) is 13.8 Å². The molecule has 2 atom stereocenters. The van der Waals surface area contributed by atoms with E-state index in [1.807, 2.05) is 0 Å². The third-order valence-corrected chi connectivity index (χ3v) is 2.66. The first-order valence-electron chi connectivity index (χ1n) is 5.38. The number of carbonyl (C=O) groups excluding carboxylic acids is 1.